The third-order valence-electron chi connectivity index (χ3n) is 2.81. The van der Waals surface area contributed by atoms with Crippen molar-refractivity contribution in [2.24, 2.45) is 0 Å². The maximum atomic E-state index is 12.4. The van der Waals surface area contributed by atoms with Crippen molar-refractivity contribution in [2.45, 2.75) is 6.54 Å². The Morgan fingerprint density at radius 1 is 1.26 bits per heavy atom. The van der Waals surface area contributed by atoms with E-state index >= 15 is 0 Å². The molecule has 0 aliphatic carbocycles. The molecule has 0 atom stereocenters. The molecule has 0 aromatic carbocycles. The number of carbonyl (C=O) groups is 1. The van der Waals surface area contributed by atoms with E-state index in [2.05, 4.69) is 15.3 Å². The van der Waals surface area contributed by atoms with Crippen LogP contribution in [0.5, 0.6) is 0 Å². The second kappa shape index (κ2) is 5.95. The number of anilines is 1. The predicted octanol–water partition coefficient (Wildman–Crippen LogP) is 1.79. The average molecular weight is 256 g/mol. The molecule has 2 aromatic heterocycles. The molecule has 0 radical (unpaired) electrons. The van der Waals surface area contributed by atoms with E-state index in [-0.39, 0.29) is 5.91 Å². The number of pyridine rings is 2. The Balaban J connectivity index is 2.15. The fraction of sp³-hybridized carbons (Fsp3) is 0.214. The number of carbonyl (C=O) groups excluding carboxylic acids is 1. The van der Waals surface area contributed by atoms with E-state index in [1.54, 1.807) is 49.8 Å². The van der Waals surface area contributed by atoms with Crippen LogP contribution in [0.4, 0.5) is 5.69 Å². The lowest BCUT2D eigenvalue weighted by Gasteiger charge is -2.18. The topological polar surface area (TPSA) is 58.1 Å². The van der Waals surface area contributed by atoms with Gasteiger partial charge >= 0.3 is 0 Å². The molecule has 0 aliphatic heterocycles. The van der Waals surface area contributed by atoms with Gasteiger partial charge in [0.15, 0.2) is 0 Å². The van der Waals surface area contributed by atoms with Crippen molar-refractivity contribution < 1.29 is 4.79 Å². The van der Waals surface area contributed by atoms with Gasteiger partial charge in [0.25, 0.3) is 5.91 Å². The fourth-order valence-corrected chi connectivity index (χ4v) is 1.83. The zero-order valence-corrected chi connectivity index (χ0v) is 11.0. The first-order chi connectivity index (χ1) is 9.22. The van der Waals surface area contributed by atoms with E-state index in [9.17, 15) is 4.79 Å². The molecule has 0 unspecified atom stereocenters. The zero-order chi connectivity index (χ0) is 13.7. The first kappa shape index (κ1) is 13.0. The third-order valence-corrected chi connectivity index (χ3v) is 2.81. The van der Waals surface area contributed by atoms with Crippen LogP contribution in [0.15, 0.2) is 43.0 Å². The monoisotopic (exact) mass is 256 g/mol. The summed E-state index contributed by atoms with van der Waals surface area (Å²) in [6, 6.07) is 5.58. The molecule has 2 aromatic rings. The maximum absolute atomic E-state index is 12.4. The van der Waals surface area contributed by atoms with Crippen LogP contribution in [0.25, 0.3) is 0 Å². The fourth-order valence-electron chi connectivity index (χ4n) is 1.83. The van der Waals surface area contributed by atoms with Crippen molar-refractivity contribution in [3.63, 3.8) is 0 Å². The molecular formula is C14H16N4O. The van der Waals surface area contributed by atoms with Crippen molar-refractivity contribution in [3.8, 4) is 0 Å². The summed E-state index contributed by atoms with van der Waals surface area (Å²) in [4.78, 5) is 22.0. The molecule has 5 heteroatoms. The van der Waals surface area contributed by atoms with Crippen molar-refractivity contribution >= 4 is 11.6 Å². The molecule has 0 aliphatic rings. The van der Waals surface area contributed by atoms with Gasteiger partial charge in [0.2, 0.25) is 0 Å². The largest absolute Gasteiger partial charge is 0.387 e. The first-order valence-electron chi connectivity index (χ1n) is 5.98. The molecule has 2 rings (SSSR count). The van der Waals surface area contributed by atoms with Gasteiger partial charge < -0.3 is 10.2 Å². The van der Waals surface area contributed by atoms with Gasteiger partial charge in [-0.3, -0.25) is 14.8 Å². The Morgan fingerprint density at radius 3 is 2.74 bits per heavy atom. The van der Waals surface area contributed by atoms with Crippen LogP contribution in [0.1, 0.15) is 15.9 Å². The number of aromatic nitrogens is 2. The first-order valence-corrected chi connectivity index (χ1v) is 5.98. The van der Waals surface area contributed by atoms with Crippen molar-refractivity contribution in [2.75, 3.05) is 19.4 Å². The molecule has 1 amide bonds. The number of hydrogen-bond acceptors (Lipinski definition) is 4. The van der Waals surface area contributed by atoms with Gasteiger partial charge in [-0.2, -0.15) is 0 Å². The standard InChI is InChI=1S/C14H16N4O/c1-15-13-5-7-17-9-12(13)14(19)18(2)10-11-4-3-6-16-8-11/h3-9H,10H2,1-2H3,(H,15,17). The van der Waals surface area contributed by atoms with Gasteiger partial charge in [0.1, 0.15) is 0 Å². The summed E-state index contributed by atoms with van der Waals surface area (Å²) in [5.41, 5.74) is 2.34. The number of hydrogen-bond donors (Lipinski definition) is 1. The Hall–Kier alpha value is -2.43. The summed E-state index contributed by atoms with van der Waals surface area (Å²) in [6.45, 7) is 0.519. The summed E-state index contributed by atoms with van der Waals surface area (Å²) < 4.78 is 0. The van der Waals surface area contributed by atoms with E-state index in [0.29, 0.717) is 12.1 Å². The second-order valence-corrected chi connectivity index (χ2v) is 4.19. The van der Waals surface area contributed by atoms with Gasteiger partial charge in [0.05, 0.1) is 5.56 Å². The maximum Gasteiger partial charge on any atom is 0.257 e. The quantitative estimate of drug-likeness (QED) is 0.906. The summed E-state index contributed by atoms with van der Waals surface area (Å²) in [7, 11) is 3.55. The molecule has 1 N–H and O–H groups in total. The smallest absolute Gasteiger partial charge is 0.257 e. The lowest BCUT2D eigenvalue weighted by molar-refractivity contribution is 0.0785. The van der Waals surface area contributed by atoms with E-state index in [4.69, 9.17) is 0 Å². The molecule has 2 heterocycles. The van der Waals surface area contributed by atoms with E-state index in [1.807, 2.05) is 12.1 Å². The third kappa shape index (κ3) is 3.07. The van der Waals surface area contributed by atoms with Crippen LogP contribution < -0.4 is 5.32 Å². The SMILES string of the molecule is CNc1ccncc1C(=O)N(C)Cc1cccnc1. The van der Waals surface area contributed by atoms with E-state index in [0.717, 1.165) is 11.3 Å². The van der Waals surface area contributed by atoms with Gasteiger partial charge in [0, 0.05) is 51.1 Å². The van der Waals surface area contributed by atoms with Crippen LogP contribution in [-0.4, -0.2) is 34.9 Å². The molecule has 19 heavy (non-hydrogen) atoms. The number of amides is 1. The van der Waals surface area contributed by atoms with Crippen molar-refractivity contribution in [1.82, 2.24) is 14.9 Å². The predicted molar refractivity (Wildman–Crippen MR) is 73.8 cm³/mol. The minimum atomic E-state index is -0.0682. The van der Waals surface area contributed by atoms with Gasteiger partial charge in [-0.05, 0) is 17.7 Å². The molecule has 0 saturated carbocycles. The van der Waals surface area contributed by atoms with Crippen LogP contribution in [0.3, 0.4) is 0 Å². The second-order valence-electron chi connectivity index (χ2n) is 4.19. The summed E-state index contributed by atoms with van der Waals surface area (Å²) in [5.74, 6) is -0.0682. The number of nitrogens with one attached hydrogen (secondary N) is 1. The van der Waals surface area contributed by atoms with Gasteiger partial charge in [-0.1, -0.05) is 6.07 Å². The summed E-state index contributed by atoms with van der Waals surface area (Å²) in [6.07, 6.45) is 6.70. The normalized spacial score (nSPS) is 10.0. The molecule has 0 saturated heterocycles. The highest BCUT2D eigenvalue weighted by atomic mass is 16.2. The Bertz CT molecular complexity index is 556. The highest BCUT2D eigenvalue weighted by Crippen LogP contribution is 2.15. The van der Waals surface area contributed by atoms with Crippen LogP contribution in [0, 0.1) is 0 Å². The lowest BCUT2D eigenvalue weighted by Crippen LogP contribution is -2.27. The van der Waals surface area contributed by atoms with Crippen molar-refractivity contribution in [1.29, 1.82) is 0 Å². The number of rotatable bonds is 4. The Morgan fingerprint density at radius 2 is 2.05 bits per heavy atom. The minimum Gasteiger partial charge on any atom is -0.387 e. The zero-order valence-electron chi connectivity index (χ0n) is 11.0. The molecular weight excluding hydrogens is 240 g/mol. The van der Waals surface area contributed by atoms with Crippen molar-refractivity contribution in [3.05, 3.63) is 54.1 Å². The summed E-state index contributed by atoms with van der Waals surface area (Å²) in [5, 5.41) is 3.00. The van der Waals surface area contributed by atoms with Gasteiger partial charge in [-0.15, -0.1) is 0 Å². The van der Waals surface area contributed by atoms with Crippen LogP contribution in [0.2, 0.25) is 0 Å². The van der Waals surface area contributed by atoms with E-state index < -0.39 is 0 Å². The molecule has 5 nitrogen and oxygen atoms in total. The average Bonchev–Trinajstić information content (AvgIpc) is 2.47. The van der Waals surface area contributed by atoms with Gasteiger partial charge in [-0.25, -0.2) is 0 Å². The molecule has 98 valence electrons. The Labute approximate surface area is 112 Å². The van der Waals surface area contributed by atoms with Crippen LogP contribution in [-0.2, 0) is 6.54 Å². The van der Waals surface area contributed by atoms with Crippen LogP contribution >= 0.6 is 0 Å². The molecule has 0 fully saturated rings. The molecule has 0 spiro atoms. The Kier molecular flexibility index (Phi) is 4.07. The summed E-state index contributed by atoms with van der Waals surface area (Å²) >= 11 is 0. The number of nitrogens with zero attached hydrogens (tertiary/aromatic N) is 3. The minimum absolute atomic E-state index is 0.0682. The molecule has 0 bridgehead atoms. The lowest BCUT2D eigenvalue weighted by atomic mass is 10.2. The van der Waals surface area contributed by atoms with E-state index in [1.165, 1.54) is 0 Å². The highest BCUT2D eigenvalue weighted by molar-refractivity contribution is 5.99. The highest BCUT2D eigenvalue weighted by Gasteiger charge is 2.15.